The number of nitrogens with zero attached hydrogens (tertiary/aromatic N) is 1. The summed E-state index contributed by atoms with van der Waals surface area (Å²) in [5, 5.41) is 12.9. The highest BCUT2D eigenvalue weighted by atomic mass is 35.5. The van der Waals surface area contributed by atoms with E-state index in [1.54, 1.807) is 30.3 Å². The van der Waals surface area contributed by atoms with E-state index >= 15 is 0 Å². The molecule has 0 aliphatic carbocycles. The topological polar surface area (TPSA) is 52.9 Å². The molecule has 0 spiro atoms. The number of carbonyl (C=O) groups excluding carboxylic acids is 1. The predicted octanol–water partition coefficient (Wildman–Crippen LogP) is 6.83. The van der Waals surface area contributed by atoms with Crippen molar-refractivity contribution >= 4 is 34.8 Å². The second-order valence-electron chi connectivity index (χ2n) is 6.54. The zero-order valence-electron chi connectivity index (χ0n) is 15.5. The molecule has 1 atom stereocenters. The van der Waals surface area contributed by atoms with Gasteiger partial charge in [0.2, 0.25) is 5.91 Å². The van der Waals surface area contributed by atoms with Gasteiger partial charge in [0.25, 0.3) is 0 Å². The fourth-order valence-corrected chi connectivity index (χ4v) is 3.62. The highest BCUT2D eigenvalue weighted by Crippen LogP contribution is 2.28. The lowest BCUT2D eigenvalue weighted by Crippen LogP contribution is -2.20. The van der Waals surface area contributed by atoms with Gasteiger partial charge in [0, 0.05) is 15.7 Å². The zero-order valence-corrected chi connectivity index (χ0v) is 17.0. The summed E-state index contributed by atoms with van der Waals surface area (Å²) >= 11 is 12.0. The van der Waals surface area contributed by atoms with Gasteiger partial charge in [-0.3, -0.25) is 4.79 Å². The molecule has 0 saturated carbocycles. The summed E-state index contributed by atoms with van der Waals surface area (Å²) in [6.07, 6.45) is 2.21. The maximum Gasteiger partial charge on any atom is 0.232 e. The minimum absolute atomic E-state index is 0.164. The van der Waals surface area contributed by atoms with Crippen LogP contribution in [0.2, 0.25) is 10.0 Å². The molecule has 1 N–H and O–H groups in total. The summed E-state index contributed by atoms with van der Waals surface area (Å²) in [5.41, 5.74) is 3.96. The molecule has 3 aromatic carbocycles. The van der Waals surface area contributed by atoms with Crippen molar-refractivity contribution in [3.63, 3.8) is 0 Å². The van der Waals surface area contributed by atoms with Crippen LogP contribution in [0.25, 0.3) is 11.1 Å². The van der Waals surface area contributed by atoms with E-state index < -0.39 is 5.92 Å². The maximum atomic E-state index is 12.9. The molecule has 0 radical (unpaired) electrons. The first-order valence-corrected chi connectivity index (χ1v) is 9.74. The van der Waals surface area contributed by atoms with Crippen molar-refractivity contribution in [2.24, 2.45) is 0 Å². The number of nitrogens with one attached hydrogen (secondary N) is 1. The average Bonchev–Trinajstić information content (AvgIpc) is 2.71. The average molecular weight is 421 g/mol. The van der Waals surface area contributed by atoms with Crippen LogP contribution in [0.15, 0.2) is 79.4 Å². The molecule has 0 saturated heterocycles. The van der Waals surface area contributed by atoms with Crippen LogP contribution >= 0.6 is 23.2 Å². The minimum atomic E-state index is -0.398. The number of hydrogen-bond acceptors (Lipinski definition) is 2. The van der Waals surface area contributed by atoms with Crippen molar-refractivity contribution in [1.82, 2.24) is 0 Å². The Labute approximate surface area is 180 Å². The first-order valence-electron chi connectivity index (χ1n) is 8.98. The van der Waals surface area contributed by atoms with E-state index in [1.807, 2.05) is 42.5 Å². The Bertz CT molecular complexity index is 1060. The number of nitriles is 1. The molecule has 3 rings (SSSR count). The van der Waals surface area contributed by atoms with Crippen LogP contribution < -0.4 is 5.32 Å². The SMILES string of the molecule is C=CCC(C(=O)Nc1cc(Cl)cc(Cl)c1)c1ccc(-c2cccc(C#N)c2)cc1. The van der Waals surface area contributed by atoms with Crippen LogP contribution in [0.1, 0.15) is 23.5 Å². The second kappa shape index (κ2) is 9.43. The van der Waals surface area contributed by atoms with E-state index in [1.165, 1.54) is 0 Å². The highest BCUT2D eigenvalue weighted by Gasteiger charge is 2.20. The molecule has 1 amide bonds. The van der Waals surface area contributed by atoms with Gasteiger partial charge in [-0.25, -0.2) is 0 Å². The van der Waals surface area contributed by atoms with Gasteiger partial charge >= 0.3 is 0 Å². The Hall–Kier alpha value is -3.06. The molecule has 144 valence electrons. The van der Waals surface area contributed by atoms with E-state index in [4.69, 9.17) is 28.5 Å². The van der Waals surface area contributed by atoms with Gasteiger partial charge in [0.15, 0.2) is 0 Å². The molecule has 1 unspecified atom stereocenters. The normalized spacial score (nSPS) is 11.3. The Morgan fingerprint density at radius 2 is 1.72 bits per heavy atom. The first kappa shape index (κ1) is 20.7. The first-order chi connectivity index (χ1) is 14.0. The number of benzene rings is 3. The van der Waals surface area contributed by atoms with Crippen LogP contribution in [0.5, 0.6) is 0 Å². The van der Waals surface area contributed by atoms with Crippen molar-refractivity contribution < 1.29 is 4.79 Å². The van der Waals surface area contributed by atoms with Gasteiger partial charge in [0.1, 0.15) is 0 Å². The van der Waals surface area contributed by atoms with E-state index in [0.29, 0.717) is 27.7 Å². The molecular weight excluding hydrogens is 403 g/mol. The van der Waals surface area contributed by atoms with Crippen molar-refractivity contribution in [2.75, 3.05) is 5.32 Å². The summed E-state index contributed by atoms with van der Waals surface area (Å²) < 4.78 is 0. The van der Waals surface area contributed by atoms with Crippen molar-refractivity contribution in [2.45, 2.75) is 12.3 Å². The largest absolute Gasteiger partial charge is 0.325 e. The van der Waals surface area contributed by atoms with Crippen LogP contribution in [0, 0.1) is 11.3 Å². The summed E-state index contributed by atoms with van der Waals surface area (Å²) in [6, 6.07) is 22.2. The lowest BCUT2D eigenvalue weighted by Gasteiger charge is -2.17. The third-order valence-electron chi connectivity index (χ3n) is 4.49. The number of rotatable bonds is 6. The van der Waals surface area contributed by atoms with E-state index in [0.717, 1.165) is 16.7 Å². The molecule has 0 aliphatic rings. The summed E-state index contributed by atoms with van der Waals surface area (Å²) in [7, 11) is 0. The molecule has 3 aromatic rings. The lowest BCUT2D eigenvalue weighted by molar-refractivity contribution is -0.117. The van der Waals surface area contributed by atoms with Gasteiger partial charge in [-0.2, -0.15) is 5.26 Å². The van der Waals surface area contributed by atoms with E-state index in [2.05, 4.69) is 18.0 Å². The fourth-order valence-electron chi connectivity index (χ4n) is 3.09. The number of amides is 1. The van der Waals surface area contributed by atoms with Crippen molar-refractivity contribution in [1.29, 1.82) is 5.26 Å². The summed E-state index contributed by atoms with van der Waals surface area (Å²) in [4.78, 5) is 12.9. The minimum Gasteiger partial charge on any atom is -0.325 e. The van der Waals surface area contributed by atoms with Gasteiger partial charge in [-0.1, -0.05) is 65.7 Å². The van der Waals surface area contributed by atoms with Gasteiger partial charge in [0.05, 0.1) is 17.6 Å². The molecule has 29 heavy (non-hydrogen) atoms. The summed E-state index contributed by atoms with van der Waals surface area (Å²) in [5.74, 6) is -0.563. The number of hydrogen-bond donors (Lipinski definition) is 1. The number of anilines is 1. The van der Waals surface area contributed by atoms with Gasteiger partial charge in [-0.15, -0.1) is 6.58 Å². The molecule has 0 aliphatic heterocycles. The Balaban J connectivity index is 1.83. The summed E-state index contributed by atoms with van der Waals surface area (Å²) in [6.45, 7) is 3.78. The highest BCUT2D eigenvalue weighted by molar-refractivity contribution is 6.35. The van der Waals surface area contributed by atoms with E-state index in [9.17, 15) is 4.79 Å². The van der Waals surface area contributed by atoms with Crippen molar-refractivity contribution in [3.05, 3.63) is 101 Å². The van der Waals surface area contributed by atoms with Crippen LogP contribution in [0.3, 0.4) is 0 Å². The third kappa shape index (κ3) is 5.26. The monoisotopic (exact) mass is 420 g/mol. The Kier molecular flexibility index (Phi) is 6.72. The second-order valence-corrected chi connectivity index (χ2v) is 7.41. The van der Waals surface area contributed by atoms with Crippen LogP contribution in [-0.4, -0.2) is 5.91 Å². The van der Waals surface area contributed by atoms with Gasteiger partial charge < -0.3 is 5.32 Å². The zero-order chi connectivity index (χ0) is 20.8. The fraction of sp³-hybridized carbons (Fsp3) is 0.0833. The molecular formula is C24H18Cl2N2O. The number of allylic oxidation sites excluding steroid dienone is 1. The van der Waals surface area contributed by atoms with E-state index in [-0.39, 0.29) is 5.91 Å². The third-order valence-corrected chi connectivity index (χ3v) is 4.92. The lowest BCUT2D eigenvalue weighted by atomic mass is 9.92. The Morgan fingerprint density at radius 1 is 1.03 bits per heavy atom. The van der Waals surface area contributed by atoms with Gasteiger partial charge in [-0.05, 0) is 53.4 Å². The molecule has 3 nitrogen and oxygen atoms in total. The smallest absolute Gasteiger partial charge is 0.232 e. The van der Waals surface area contributed by atoms with Crippen molar-refractivity contribution in [3.8, 4) is 17.2 Å². The quantitative estimate of drug-likeness (QED) is 0.444. The molecule has 0 fully saturated rings. The molecule has 0 heterocycles. The predicted molar refractivity (Wildman–Crippen MR) is 119 cm³/mol. The number of halogens is 2. The van der Waals surface area contributed by atoms with Crippen LogP contribution in [-0.2, 0) is 4.79 Å². The number of carbonyl (C=O) groups is 1. The maximum absolute atomic E-state index is 12.9. The Morgan fingerprint density at radius 3 is 2.34 bits per heavy atom. The molecule has 5 heteroatoms. The van der Waals surface area contributed by atoms with Crippen LogP contribution in [0.4, 0.5) is 5.69 Å². The standard InChI is InChI=1S/C24H18Cl2N2O/c1-2-4-23(24(29)28-22-13-20(25)12-21(26)14-22)18-9-7-17(8-10-18)19-6-3-5-16(11-19)15-27/h2-3,5-14,23H,1,4H2,(H,28,29). The molecule has 0 aromatic heterocycles. The molecule has 0 bridgehead atoms.